The number of halogens is 2. The van der Waals surface area contributed by atoms with Crippen LogP contribution in [0, 0.1) is 0 Å². The Kier molecular flexibility index (Phi) is 2.57. The molecular formula is C10H10F2N2O2. The van der Waals surface area contributed by atoms with Crippen molar-refractivity contribution in [1.29, 1.82) is 0 Å². The summed E-state index contributed by atoms with van der Waals surface area (Å²) in [4.78, 5) is 18.8. The molecule has 6 heteroatoms. The van der Waals surface area contributed by atoms with Crippen LogP contribution in [0.25, 0.3) is 0 Å². The fraction of sp³-hybridized carbons (Fsp3) is 0.500. The fourth-order valence-corrected chi connectivity index (χ4v) is 1.62. The van der Waals surface area contributed by atoms with Crippen LogP contribution in [0.3, 0.4) is 0 Å². The Hall–Kier alpha value is -1.59. The maximum atomic E-state index is 12.6. The molecule has 1 aromatic rings. The van der Waals surface area contributed by atoms with Gasteiger partial charge in [0.1, 0.15) is 5.82 Å². The molecule has 1 fully saturated rings. The van der Waals surface area contributed by atoms with Crippen LogP contribution in [0.1, 0.15) is 34.9 Å². The summed E-state index contributed by atoms with van der Waals surface area (Å²) in [7, 11) is 1.25. The van der Waals surface area contributed by atoms with Crippen LogP contribution in [-0.2, 0) is 4.74 Å². The summed E-state index contributed by atoms with van der Waals surface area (Å²) in [6, 6.07) is 0. The molecular weight excluding hydrogens is 218 g/mol. The normalized spacial score (nSPS) is 18.9. The summed E-state index contributed by atoms with van der Waals surface area (Å²) < 4.78 is 29.7. The Labute approximate surface area is 90.7 Å². The second-order valence-corrected chi connectivity index (χ2v) is 3.78. The molecule has 1 aliphatic rings. The molecule has 1 aliphatic carbocycles. The van der Waals surface area contributed by atoms with Crippen molar-refractivity contribution in [2.75, 3.05) is 7.11 Å². The van der Waals surface area contributed by atoms with Crippen molar-refractivity contribution < 1.29 is 18.3 Å². The molecule has 0 N–H and O–H groups in total. The molecule has 0 aliphatic heterocycles. The van der Waals surface area contributed by atoms with Gasteiger partial charge < -0.3 is 4.74 Å². The number of hydrogen-bond acceptors (Lipinski definition) is 4. The average molecular weight is 228 g/mol. The Morgan fingerprint density at radius 2 is 2.00 bits per heavy atom. The predicted molar refractivity (Wildman–Crippen MR) is 50.3 cm³/mol. The van der Waals surface area contributed by atoms with Crippen molar-refractivity contribution in [3.8, 4) is 0 Å². The quantitative estimate of drug-likeness (QED) is 0.724. The minimum Gasteiger partial charge on any atom is -0.465 e. The van der Waals surface area contributed by atoms with E-state index in [9.17, 15) is 13.6 Å². The lowest BCUT2D eigenvalue weighted by atomic mass is 9.81. The van der Waals surface area contributed by atoms with Gasteiger partial charge in [-0.25, -0.2) is 23.5 Å². The van der Waals surface area contributed by atoms with E-state index >= 15 is 0 Å². The van der Waals surface area contributed by atoms with Gasteiger partial charge in [-0.2, -0.15) is 0 Å². The maximum Gasteiger partial charge on any atom is 0.341 e. The van der Waals surface area contributed by atoms with Gasteiger partial charge in [0.15, 0.2) is 0 Å². The van der Waals surface area contributed by atoms with Gasteiger partial charge in [-0.05, 0) is 0 Å². The molecule has 1 saturated carbocycles. The third-order valence-electron chi connectivity index (χ3n) is 2.55. The van der Waals surface area contributed by atoms with E-state index < -0.39 is 11.9 Å². The van der Waals surface area contributed by atoms with Crippen molar-refractivity contribution in [3.63, 3.8) is 0 Å². The molecule has 2 rings (SSSR count). The molecule has 0 amide bonds. The molecule has 0 radical (unpaired) electrons. The minimum atomic E-state index is -2.59. The van der Waals surface area contributed by atoms with E-state index in [4.69, 9.17) is 0 Å². The van der Waals surface area contributed by atoms with E-state index in [0.29, 0.717) is 5.82 Å². The number of rotatable bonds is 2. The summed E-state index contributed by atoms with van der Waals surface area (Å²) in [6.45, 7) is 0. The molecule has 16 heavy (non-hydrogen) atoms. The largest absolute Gasteiger partial charge is 0.465 e. The number of methoxy groups -OCH3 is 1. The van der Waals surface area contributed by atoms with E-state index in [1.54, 1.807) is 0 Å². The molecule has 0 atom stereocenters. The first-order chi connectivity index (χ1) is 7.52. The third-order valence-corrected chi connectivity index (χ3v) is 2.55. The van der Waals surface area contributed by atoms with Gasteiger partial charge in [0.25, 0.3) is 0 Å². The van der Waals surface area contributed by atoms with Crippen LogP contribution in [0.4, 0.5) is 8.78 Å². The van der Waals surface area contributed by atoms with Crippen LogP contribution in [0.15, 0.2) is 12.4 Å². The van der Waals surface area contributed by atoms with Crippen molar-refractivity contribution in [1.82, 2.24) is 9.97 Å². The van der Waals surface area contributed by atoms with Crippen LogP contribution in [0.5, 0.6) is 0 Å². The molecule has 0 saturated heterocycles. The van der Waals surface area contributed by atoms with E-state index in [0.717, 1.165) is 0 Å². The average Bonchev–Trinajstić information content (AvgIpc) is 2.25. The first kappa shape index (κ1) is 10.9. The summed E-state index contributed by atoms with van der Waals surface area (Å²) >= 11 is 0. The van der Waals surface area contributed by atoms with Crippen molar-refractivity contribution in [3.05, 3.63) is 23.8 Å². The highest BCUT2D eigenvalue weighted by Crippen LogP contribution is 2.46. The van der Waals surface area contributed by atoms with Gasteiger partial charge in [-0.15, -0.1) is 0 Å². The van der Waals surface area contributed by atoms with Gasteiger partial charge in [0.2, 0.25) is 5.92 Å². The number of aromatic nitrogens is 2. The number of carbonyl (C=O) groups excluding carboxylic acids is 1. The summed E-state index contributed by atoms with van der Waals surface area (Å²) in [6.07, 6.45) is 2.16. The number of ether oxygens (including phenoxy) is 1. The second-order valence-electron chi connectivity index (χ2n) is 3.78. The molecule has 0 spiro atoms. The monoisotopic (exact) mass is 228 g/mol. The molecule has 4 nitrogen and oxygen atoms in total. The smallest absolute Gasteiger partial charge is 0.341 e. The molecule has 0 aromatic carbocycles. The standard InChI is InChI=1S/C10H10F2N2O2/c1-16-9(15)7-4-13-8(14-5-7)6-2-10(11,12)3-6/h4-6H,2-3H2,1H3. The van der Waals surface area contributed by atoms with Gasteiger partial charge in [0.05, 0.1) is 12.7 Å². The maximum absolute atomic E-state index is 12.6. The predicted octanol–water partition coefficient (Wildman–Crippen LogP) is 1.78. The van der Waals surface area contributed by atoms with Crippen molar-refractivity contribution >= 4 is 5.97 Å². The van der Waals surface area contributed by atoms with Crippen molar-refractivity contribution in [2.45, 2.75) is 24.7 Å². The first-order valence-corrected chi connectivity index (χ1v) is 4.80. The Morgan fingerprint density at radius 1 is 1.44 bits per heavy atom. The van der Waals surface area contributed by atoms with E-state index in [1.807, 2.05) is 0 Å². The SMILES string of the molecule is COC(=O)c1cnc(C2CC(F)(F)C2)nc1. The summed E-state index contributed by atoms with van der Waals surface area (Å²) in [5.41, 5.74) is 0.220. The van der Waals surface area contributed by atoms with E-state index in [-0.39, 0.29) is 24.3 Å². The number of hydrogen-bond donors (Lipinski definition) is 0. The van der Waals surface area contributed by atoms with E-state index in [1.165, 1.54) is 19.5 Å². The van der Waals surface area contributed by atoms with Crippen LogP contribution >= 0.6 is 0 Å². The number of carbonyl (C=O) groups is 1. The lowest BCUT2D eigenvalue weighted by Gasteiger charge is -2.33. The van der Waals surface area contributed by atoms with Crippen LogP contribution < -0.4 is 0 Å². The van der Waals surface area contributed by atoms with Gasteiger partial charge in [-0.3, -0.25) is 0 Å². The molecule has 0 unspecified atom stereocenters. The summed E-state index contributed by atoms with van der Waals surface area (Å²) in [5, 5.41) is 0. The topological polar surface area (TPSA) is 52.1 Å². The third kappa shape index (κ3) is 2.00. The van der Waals surface area contributed by atoms with Crippen LogP contribution in [-0.4, -0.2) is 29.0 Å². The van der Waals surface area contributed by atoms with Gasteiger partial charge in [0, 0.05) is 31.2 Å². The lowest BCUT2D eigenvalue weighted by Crippen LogP contribution is -2.34. The Morgan fingerprint density at radius 3 is 2.44 bits per heavy atom. The molecule has 1 heterocycles. The van der Waals surface area contributed by atoms with Gasteiger partial charge >= 0.3 is 5.97 Å². The number of esters is 1. The highest BCUT2D eigenvalue weighted by Gasteiger charge is 2.47. The molecule has 86 valence electrons. The second kappa shape index (κ2) is 3.77. The Bertz CT molecular complexity index is 398. The first-order valence-electron chi connectivity index (χ1n) is 4.80. The number of nitrogens with zero attached hydrogens (tertiary/aromatic N) is 2. The zero-order valence-corrected chi connectivity index (χ0v) is 8.61. The zero-order valence-electron chi connectivity index (χ0n) is 8.61. The highest BCUT2D eigenvalue weighted by atomic mass is 19.3. The minimum absolute atomic E-state index is 0.218. The highest BCUT2D eigenvalue weighted by molar-refractivity contribution is 5.88. The fourth-order valence-electron chi connectivity index (χ4n) is 1.62. The molecule has 0 bridgehead atoms. The van der Waals surface area contributed by atoms with E-state index in [2.05, 4.69) is 14.7 Å². The zero-order chi connectivity index (χ0) is 11.8. The lowest BCUT2D eigenvalue weighted by molar-refractivity contribution is -0.0885. The number of alkyl halides is 2. The Balaban J connectivity index is 2.06. The van der Waals surface area contributed by atoms with Crippen molar-refractivity contribution in [2.24, 2.45) is 0 Å². The van der Waals surface area contributed by atoms with Crippen LogP contribution in [0.2, 0.25) is 0 Å². The van der Waals surface area contributed by atoms with Gasteiger partial charge in [-0.1, -0.05) is 0 Å². The molecule has 1 aromatic heterocycles. The summed E-state index contributed by atoms with van der Waals surface area (Å²) in [5.74, 6) is -3.07.